The Morgan fingerprint density at radius 1 is 1.60 bits per heavy atom. The van der Waals surface area contributed by atoms with Crippen LogP contribution >= 0.6 is 7.60 Å². The van der Waals surface area contributed by atoms with Crippen molar-refractivity contribution in [3.05, 3.63) is 36.6 Å². The second kappa shape index (κ2) is 5.51. The molecule has 2 aliphatic heterocycles. The lowest BCUT2D eigenvalue weighted by molar-refractivity contribution is -0.0472. The number of aliphatic hydroxyl groups excluding tert-OH is 1. The van der Waals surface area contributed by atoms with Gasteiger partial charge in [0.25, 0.3) is 0 Å². The van der Waals surface area contributed by atoms with Crippen LogP contribution in [0.15, 0.2) is 41.6 Å². The van der Waals surface area contributed by atoms with Crippen LogP contribution in [-0.2, 0) is 9.30 Å². The summed E-state index contributed by atoms with van der Waals surface area (Å²) in [7, 11) is -4.24. The van der Waals surface area contributed by atoms with Gasteiger partial charge in [-0.3, -0.25) is 4.57 Å². The lowest BCUT2D eigenvalue weighted by atomic mass is 10.2. The summed E-state index contributed by atoms with van der Waals surface area (Å²) in [5.74, 6) is 1.40. The van der Waals surface area contributed by atoms with Gasteiger partial charge in [0.05, 0.1) is 6.10 Å². The number of nitrogens with zero attached hydrogens (tertiary/aromatic N) is 2. The molecule has 0 aromatic carbocycles. The molecule has 2 rings (SSSR count). The summed E-state index contributed by atoms with van der Waals surface area (Å²) in [6.07, 6.45) is 2.46. The van der Waals surface area contributed by atoms with E-state index in [1.807, 2.05) is 0 Å². The second-order valence-corrected chi connectivity index (χ2v) is 5.95. The van der Waals surface area contributed by atoms with Gasteiger partial charge in [-0.15, -0.1) is 0 Å². The fourth-order valence-electron chi connectivity index (χ4n) is 1.98. The number of nitrogens with two attached hydrogens (primary N) is 1. The molecule has 5 N–H and O–H groups in total. The topological polar surface area (TPSA) is 129 Å². The summed E-state index contributed by atoms with van der Waals surface area (Å²) in [5.41, 5.74) is 5.52. The first kappa shape index (κ1) is 15.0. The van der Waals surface area contributed by atoms with Crippen LogP contribution in [0.2, 0.25) is 0 Å². The van der Waals surface area contributed by atoms with E-state index in [0.29, 0.717) is 11.7 Å². The summed E-state index contributed by atoms with van der Waals surface area (Å²) < 4.78 is 16.3. The molecule has 1 fully saturated rings. The van der Waals surface area contributed by atoms with Gasteiger partial charge in [0.2, 0.25) is 0 Å². The lowest BCUT2D eigenvalue weighted by Crippen LogP contribution is -2.39. The Labute approximate surface area is 115 Å². The standard InChI is InChI=1S/C11H16N3O5P/c1-7-13-10(12)2-4-14(7)11-9(15)6-8(19-11)3-5-20(16,17)18/h2-5,8-9,11,15H,1,6H2,(H2,12,13)(H2,16,17,18)/b5-3+/t8-,9-,11-/m1/s1. The van der Waals surface area contributed by atoms with Gasteiger partial charge in [-0.2, -0.15) is 0 Å². The van der Waals surface area contributed by atoms with Crippen LogP contribution in [0.5, 0.6) is 0 Å². The van der Waals surface area contributed by atoms with E-state index in [-0.39, 0.29) is 6.42 Å². The molecule has 0 bridgehead atoms. The van der Waals surface area contributed by atoms with Crippen LogP contribution < -0.4 is 5.73 Å². The summed E-state index contributed by atoms with van der Waals surface area (Å²) in [5, 5.41) is 9.98. The number of rotatable bonds is 3. The fraction of sp³-hybridized carbons (Fsp3) is 0.364. The zero-order valence-corrected chi connectivity index (χ0v) is 11.4. The normalized spacial score (nSPS) is 31.1. The molecule has 20 heavy (non-hydrogen) atoms. The summed E-state index contributed by atoms with van der Waals surface area (Å²) in [6, 6.07) is 0. The molecule has 9 heteroatoms. The molecule has 1 saturated heterocycles. The third-order valence-corrected chi connectivity index (χ3v) is 3.41. The number of aliphatic hydroxyl groups is 1. The maximum Gasteiger partial charge on any atom is 0.348 e. The van der Waals surface area contributed by atoms with Crippen LogP contribution in [-0.4, -0.2) is 44.1 Å². The first-order valence-corrected chi connectivity index (χ1v) is 7.52. The van der Waals surface area contributed by atoms with Crippen LogP contribution in [0.1, 0.15) is 6.42 Å². The summed E-state index contributed by atoms with van der Waals surface area (Å²) >= 11 is 0. The van der Waals surface area contributed by atoms with Gasteiger partial charge in [0.1, 0.15) is 17.8 Å². The van der Waals surface area contributed by atoms with Crippen LogP contribution in [0.4, 0.5) is 0 Å². The average Bonchev–Trinajstić information content (AvgIpc) is 2.67. The molecule has 8 nitrogen and oxygen atoms in total. The Kier molecular flexibility index (Phi) is 4.12. The van der Waals surface area contributed by atoms with E-state index in [9.17, 15) is 9.67 Å². The number of amidine groups is 1. The first-order chi connectivity index (χ1) is 9.26. The van der Waals surface area contributed by atoms with E-state index in [4.69, 9.17) is 20.3 Å². The largest absolute Gasteiger partial charge is 0.388 e. The molecule has 0 aromatic heterocycles. The quantitative estimate of drug-likeness (QED) is 0.532. The van der Waals surface area contributed by atoms with Gasteiger partial charge in [-0.25, -0.2) is 4.99 Å². The number of ether oxygens (including phenoxy) is 1. The van der Waals surface area contributed by atoms with Crippen molar-refractivity contribution >= 4 is 13.4 Å². The molecule has 2 aliphatic rings. The van der Waals surface area contributed by atoms with Gasteiger partial charge in [-0.05, 0) is 12.2 Å². The van der Waals surface area contributed by atoms with Gasteiger partial charge >= 0.3 is 7.60 Å². The van der Waals surface area contributed by atoms with Crippen molar-refractivity contribution in [1.82, 2.24) is 4.90 Å². The SMILES string of the molecule is C=C1N=C(N)C=CN1[C@@H]1O[C@H](/C=C/P(=O)(O)O)C[C@H]1O. The highest BCUT2D eigenvalue weighted by Crippen LogP contribution is 2.37. The lowest BCUT2D eigenvalue weighted by Gasteiger charge is -2.30. The Morgan fingerprint density at radius 2 is 2.30 bits per heavy atom. The van der Waals surface area contributed by atoms with Crippen molar-refractivity contribution in [3.8, 4) is 0 Å². The zero-order valence-electron chi connectivity index (χ0n) is 10.5. The van der Waals surface area contributed by atoms with Gasteiger partial charge < -0.3 is 30.3 Å². The van der Waals surface area contributed by atoms with E-state index in [1.165, 1.54) is 11.0 Å². The predicted octanol–water partition coefficient (Wildman–Crippen LogP) is -0.189. The molecule has 0 amide bonds. The molecule has 0 unspecified atom stereocenters. The van der Waals surface area contributed by atoms with Gasteiger partial charge in [0, 0.05) is 18.4 Å². The molecule has 0 radical (unpaired) electrons. The molecule has 2 heterocycles. The highest BCUT2D eigenvalue weighted by atomic mass is 31.2. The zero-order chi connectivity index (χ0) is 14.9. The molecule has 0 aromatic rings. The Morgan fingerprint density at radius 3 is 2.90 bits per heavy atom. The minimum absolute atomic E-state index is 0.220. The third kappa shape index (κ3) is 3.56. The fourth-order valence-corrected chi connectivity index (χ4v) is 2.40. The number of aliphatic imine (C=N–C) groups is 1. The highest BCUT2D eigenvalue weighted by Gasteiger charge is 2.37. The smallest absolute Gasteiger partial charge is 0.348 e. The van der Waals surface area contributed by atoms with Crippen molar-refractivity contribution in [2.24, 2.45) is 10.7 Å². The van der Waals surface area contributed by atoms with E-state index in [0.717, 1.165) is 5.82 Å². The highest BCUT2D eigenvalue weighted by molar-refractivity contribution is 7.55. The summed E-state index contributed by atoms with van der Waals surface area (Å²) in [6.45, 7) is 3.71. The van der Waals surface area contributed by atoms with Crippen molar-refractivity contribution in [1.29, 1.82) is 0 Å². The van der Waals surface area contributed by atoms with E-state index in [1.54, 1.807) is 12.3 Å². The van der Waals surface area contributed by atoms with Crippen molar-refractivity contribution in [2.45, 2.75) is 24.9 Å². The molecule has 3 atom stereocenters. The molecule has 0 spiro atoms. The van der Waals surface area contributed by atoms with Crippen LogP contribution in [0, 0.1) is 0 Å². The second-order valence-electron chi connectivity index (χ2n) is 4.47. The van der Waals surface area contributed by atoms with Gasteiger partial charge in [-0.1, -0.05) is 6.58 Å². The number of hydrogen-bond donors (Lipinski definition) is 4. The molecule has 0 saturated carbocycles. The molecule has 0 aliphatic carbocycles. The third-order valence-electron chi connectivity index (χ3n) is 2.85. The summed E-state index contributed by atoms with van der Waals surface area (Å²) in [4.78, 5) is 23.0. The maximum atomic E-state index is 10.8. The Balaban J connectivity index is 2.05. The van der Waals surface area contributed by atoms with E-state index >= 15 is 0 Å². The van der Waals surface area contributed by atoms with Crippen molar-refractivity contribution < 1.29 is 24.2 Å². The van der Waals surface area contributed by atoms with E-state index in [2.05, 4.69) is 11.6 Å². The van der Waals surface area contributed by atoms with Crippen molar-refractivity contribution in [2.75, 3.05) is 0 Å². The first-order valence-electron chi connectivity index (χ1n) is 5.84. The monoisotopic (exact) mass is 301 g/mol. The van der Waals surface area contributed by atoms with Crippen LogP contribution in [0.25, 0.3) is 0 Å². The molecular weight excluding hydrogens is 285 g/mol. The number of hydrogen-bond acceptors (Lipinski definition) is 6. The maximum absolute atomic E-state index is 10.8. The molecular formula is C11H16N3O5P. The predicted molar refractivity (Wildman–Crippen MR) is 72.2 cm³/mol. The van der Waals surface area contributed by atoms with Gasteiger partial charge in [0.15, 0.2) is 6.23 Å². The average molecular weight is 301 g/mol. The molecule has 110 valence electrons. The minimum atomic E-state index is -4.24. The van der Waals surface area contributed by atoms with Crippen LogP contribution in [0.3, 0.4) is 0 Å². The Hall–Kier alpha value is -1.44. The van der Waals surface area contributed by atoms with E-state index < -0.39 is 26.0 Å². The minimum Gasteiger partial charge on any atom is -0.388 e. The Bertz CT molecular complexity index is 538. The van der Waals surface area contributed by atoms with Crippen molar-refractivity contribution in [3.63, 3.8) is 0 Å².